The van der Waals surface area contributed by atoms with Gasteiger partial charge in [-0.2, -0.15) is 5.10 Å². The second-order valence-corrected chi connectivity index (χ2v) is 9.08. The lowest BCUT2D eigenvalue weighted by Gasteiger charge is -2.06. The molecule has 0 saturated carbocycles. The third-order valence-corrected chi connectivity index (χ3v) is 6.71. The van der Waals surface area contributed by atoms with E-state index < -0.39 is 28.7 Å². The van der Waals surface area contributed by atoms with Crippen molar-refractivity contribution in [1.82, 2.24) is 5.43 Å². The molecule has 0 radical (unpaired) electrons. The van der Waals surface area contributed by atoms with Crippen LogP contribution in [0.4, 0.5) is 10.7 Å². The summed E-state index contributed by atoms with van der Waals surface area (Å²) < 4.78 is 10.1. The molecule has 4 rings (SSSR count). The van der Waals surface area contributed by atoms with Crippen LogP contribution in [0.25, 0.3) is 0 Å². The van der Waals surface area contributed by atoms with Gasteiger partial charge in [-0.05, 0) is 54.7 Å². The molecule has 2 N–H and O–H groups in total. The highest BCUT2D eigenvalue weighted by Crippen LogP contribution is 2.39. The molecule has 2 aromatic carbocycles. The highest BCUT2D eigenvalue weighted by molar-refractivity contribution is 7.17. The first kappa shape index (κ1) is 26.2. The van der Waals surface area contributed by atoms with Gasteiger partial charge in [0.2, 0.25) is 0 Å². The summed E-state index contributed by atoms with van der Waals surface area (Å²) in [6.45, 7) is 0. The lowest BCUT2D eigenvalue weighted by atomic mass is 10.1. The number of hydrogen-bond acceptors (Lipinski definition) is 10. The summed E-state index contributed by atoms with van der Waals surface area (Å²) in [5, 5.41) is 17.2. The first-order valence-corrected chi connectivity index (χ1v) is 12.0. The number of benzene rings is 2. The van der Waals surface area contributed by atoms with Gasteiger partial charge in [-0.15, -0.1) is 11.3 Å². The minimum atomic E-state index is -1.05. The van der Waals surface area contributed by atoms with Gasteiger partial charge < -0.3 is 14.8 Å². The van der Waals surface area contributed by atoms with Gasteiger partial charge in [0.1, 0.15) is 10.8 Å². The Balaban J connectivity index is 1.35. The fraction of sp³-hybridized carbons (Fsp3) is 0.160. The number of fused-ring (bicyclic) bond motifs is 1. The Labute approximate surface area is 219 Å². The number of nitrogens with zero attached hydrogens (tertiary/aromatic N) is 2. The minimum absolute atomic E-state index is 0.124. The van der Waals surface area contributed by atoms with Crippen LogP contribution >= 0.6 is 11.3 Å². The van der Waals surface area contributed by atoms with Gasteiger partial charge in [-0.25, -0.2) is 15.0 Å². The van der Waals surface area contributed by atoms with Gasteiger partial charge in [0.15, 0.2) is 0 Å². The van der Waals surface area contributed by atoms with Crippen LogP contribution in [0.15, 0.2) is 53.6 Å². The van der Waals surface area contributed by atoms with Crippen molar-refractivity contribution in [3.8, 4) is 5.75 Å². The van der Waals surface area contributed by atoms with E-state index in [-0.39, 0.29) is 27.6 Å². The van der Waals surface area contributed by atoms with E-state index in [1.165, 1.54) is 61.1 Å². The third kappa shape index (κ3) is 5.90. The smallest absolute Gasteiger partial charge is 0.343 e. The number of anilines is 1. The normalized spacial score (nSPS) is 12.0. The van der Waals surface area contributed by atoms with E-state index in [1.807, 2.05) is 0 Å². The van der Waals surface area contributed by atoms with E-state index >= 15 is 0 Å². The average Bonchev–Trinajstić information content (AvgIpc) is 3.49. The molecule has 1 heterocycles. The van der Waals surface area contributed by atoms with Crippen LogP contribution in [0.1, 0.15) is 43.1 Å². The number of carbonyl (C=O) groups excluding carboxylic acids is 4. The monoisotopic (exact) mass is 536 g/mol. The number of hydrogen-bond donors (Lipinski definition) is 2. The van der Waals surface area contributed by atoms with Crippen molar-refractivity contribution < 1.29 is 33.6 Å². The number of hydrazone groups is 1. The Morgan fingerprint density at radius 1 is 1.05 bits per heavy atom. The van der Waals surface area contributed by atoms with Crippen LogP contribution in [0.2, 0.25) is 0 Å². The molecule has 1 aliphatic rings. The molecule has 1 aromatic heterocycles. The maximum absolute atomic E-state index is 12.4. The number of carbonyl (C=O) groups is 4. The van der Waals surface area contributed by atoms with Crippen molar-refractivity contribution in [2.75, 3.05) is 12.4 Å². The first-order valence-electron chi connectivity index (χ1n) is 11.2. The number of nitrogens with one attached hydrogen (secondary N) is 2. The van der Waals surface area contributed by atoms with Crippen molar-refractivity contribution in [2.24, 2.45) is 5.10 Å². The second-order valence-electron chi connectivity index (χ2n) is 7.97. The van der Waals surface area contributed by atoms with E-state index in [0.29, 0.717) is 12.0 Å². The van der Waals surface area contributed by atoms with Crippen LogP contribution in [0.5, 0.6) is 5.75 Å². The summed E-state index contributed by atoms with van der Waals surface area (Å²) >= 11 is 1.24. The zero-order valence-corrected chi connectivity index (χ0v) is 20.7. The predicted octanol–water partition coefficient (Wildman–Crippen LogP) is 3.24. The Morgan fingerprint density at radius 3 is 2.53 bits per heavy atom. The van der Waals surface area contributed by atoms with E-state index in [0.717, 1.165) is 23.3 Å². The number of nitro groups is 1. The van der Waals surface area contributed by atoms with E-state index in [9.17, 15) is 29.3 Å². The Hall–Kier alpha value is -4.91. The van der Waals surface area contributed by atoms with Gasteiger partial charge in [-0.1, -0.05) is 12.1 Å². The highest BCUT2D eigenvalue weighted by Gasteiger charge is 2.29. The molecule has 13 heteroatoms. The lowest BCUT2D eigenvalue weighted by Crippen LogP contribution is -2.32. The molecule has 194 valence electrons. The first-order chi connectivity index (χ1) is 18.3. The molecule has 0 spiro atoms. The largest absolute Gasteiger partial charge is 0.465 e. The van der Waals surface area contributed by atoms with E-state index in [1.54, 1.807) is 12.1 Å². The van der Waals surface area contributed by atoms with Gasteiger partial charge in [0.05, 0.1) is 29.4 Å². The summed E-state index contributed by atoms with van der Waals surface area (Å²) in [4.78, 5) is 60.3. The Morgan fingerprint density at radius 2 is 1.82 bits per heavy atom. The van der Waals surface area contributed by atoms with Gasteiger partial charge in [0.25, 0.3) is 5.69 Å². The number of amides is 2. The number of non-ortho nitro benzene ring substituents is 1. The zero-order chi connectivity index (χ0) is 27.2. The molecular formula is C25H20N4O8S. The topological polar surface area (TPSA) is 166 Å². The van der Waals surface area contributed by atoms with Crippen LogP contribution < -0.4 is 15.5 Å². The fourth-order valence-corrected chi connectivity index (χ4v) is 5.00. The molecule has 0 aliphatic heterocycles. The molecule has 1 aliphatic carbocycles. The van der Waals surface area contributed by atoms with E-state index in [2.05, 4.69) is 15.8 Å². The van der Waals surface area contributed by atoms with Crippen molar-refractivity contribution in [3.63, 3.8) is 0 Å². The Kier molecular flexibility index (Phi) is 7.87. The average molecular weight is 537 g/mol. The number of methoxy groups -OCH3 is 1. The molecule has 3 aromatic rings. The summed E-state index contributed by atoms with van der Waals surface area (Å²) in [6, 6.07) is 11.1. The maximum Gasteiger partial charge on any atom is 0.343 e. The van der Waals surface area contributed by atoms with Crippen molar-refractivity contribution in [3.05, 3.63) is 85.8 Å². The molecule has 0 fully saturated rings. The van der Waals surface area contributed by atoms with Crippen molar-refractivity contribution in [1.29, 1.82) is 0 Å². The molecule has 0 bridgehead atoms. The van der Waals surface area contributed by atoms with Crippen LogP contribution in [0, 0.1) is 10.1 Å². The Bertz CT molecular complexity index is 1460. The van der Waals surface area contributed by atoms with Gasteiger partial charge >= 0.3 is 23.8 Å². The molecule has 0 saturated heterocycles. The number of aryl methyl sites for hydroxylation is 1. The number of esters is 2. The third-order valence-electron chi connectivity index (χ3n) is 5.51. The van der Waals surface area contributed by atoms with E-state index in [4.69, 9.17) is 9.47 Å². The number of nitro benzene ring substituents is 1. The maximum atomic E-state index is 12.4. The van der Waals surface area contributed by atoms with Crippen LogP contribution in [0.3, 0.4) is 0 Å². The van der Waals surface area contributed by atoms with Crippen molar-refractivity contribution in [2.45, 2.75) is 19.3 Å². The predicted molar refractivity (Wildman–Crippen MR) is 137 cm³/mol. The van der Waals surface area contributed by atoms with Gasteiger partial charge in [-0.3, -0.25) is 19.7 Å². The molecule has 0 atom stereocenters. The number of thiophene rings is 1. The number of ether oxygens (including phenoxy) is 2. The molecule has 38 heavy (non-hydrogen) atoms. The SMILES string of the molecule is COC(=O)c1c(NC(=O)C(=O)N/N=C/c2cccc(OC(=O)c3ccc([N+](=O)[O-])cc3)c2)sc2c1CCC2. The summed E-state index contributed by atoms with van der Waals surface area (Å²) in [7, 11) is 1.25. The van der Waals surface area contributed by atoms with Crippen molar-refractivity contribution >= 4 is 52.0 Å². The minimum Gasteiger partial charge on any atom is -0.465 e. The molecule has 0 unspecified atom stereocenters. The number of rotatable bonds is 7. The summed E-state index contributed by atoms with van der Waals surface area (Å²) in [5.41, 5.74) is 3.64. The summed E-state index contributed by atoms with van der Waals surface area (Å²) in [6.07, 6.45) is 3.64. The quantitative estimate of drug-likeness (QED) is 0.116. The molecular weight excluding hydrogens is 516 g/mol. The van der Waals surface area contributed by atoms with Crippen LogP contribution in [-0.2, 0) is 27.2 Å². The second kappa shape index (κ2) is 11.4. The van der Waals surface area contributed by atoms with Gasteiger partial charge in [0, 0.05) is 17.0 Å². The molecule has 12 nitrogen and oxygen atoms in total. The zero-order valence-electron chi connectivity index (χ0n) is 19.9. The standard InChI is InChI=1S/C25H20N4O8S/c1-36-25(33)20-18-6-3-7-19(18)38-23(20)27-21(30)22(31)28-26-13-14-4-2-5-17(12-14)37-24(32)15-8-10-16(11-9-15)29(34)35/h2,4-5,8-13H,3,6-7H2,1H3,(H,27,30)(H,28,31)/b26-13+. The fourth-order valence-electron chi connectivity index (χ4n) is 3.73. The highest BCUT2D eigenvalue weighted by atomic mass is 32.1. The van der Waals surface area contributed by atoms with Crippen LogP contribution in [-0.4, -0.2) is 42.0 Å². The molecule has 2 amide bonds. The summed E-state index contributed by atoms with van der Waals surface area (Å²) in [5.74, 6) is -3.18. The lowest BCUT2D eigenvalue weighted by molar-refractivity contribution is -0.384.